The molecule has 2 aromatic carbocycles. The Morgan fingerprint density at radius 1 is 1.10 bits per heavy atom. The standard InChI is InChI=1S/C20H23F2N3O3.HI/c1-3-23-20(24-12-14-8-10-15(11-9-14)18(26)27-2)25-13-16-6-4-5-7-17(16)28-19(21)22;/h4-11,19H,3,12-13H2,1-2H3,(H2,23,24,25);1H. The van der Waals surface area contributed by atoms with Crippen LogP contribution in [0.15, 0.2) is 53.5 Å². The quantitative estimate of drug-likeness (QED) is 0.239. The minimum absolute atomic E-state index is 0. The molecule has 0 fully saturated rings. The third kappa shape index (κ3) is 8.22. The van der Waals surface area contributed by atoms with Crippen LogP contribution in [0.2, 0.25) is 0 Å². The summed E-state index contributed by atoms with van der Waals surface area (Å²) in [4.78, 5) is 15.9. The Morgan fingerprint density at radius 3 is 2.41 bits per heavy atom. The second-order valence-corrected chi connectivity index (χ2v) is 5.72. The van der Waals surface area contributed by atoms with Crippen LogP contribution >= 0.6 is 24.0 Å². The van der Waals surface area contributed by atoms with Gasteiger partial charge in [0, 0.05) is 18.7 Å². The monoisotopic (exact) mass is 519 g/mol. The number of guanidine groups is 1. The number of carbonyl (C=O) groups is 1. The second kappa shape index (κ2) is 12.9. The van der Waals surface area contributed by atoms with Gasteiger partial charge in [-0.05, 0) is 30.7 Å². The number of esters is 1. The van der Waals surface area contributed by atoms with Crippen LogP contribution < -0.4 is 15.4 Å². The molecule has 0 unspecified atom stereocenters. The number of halogens is 3. The first-order chi connectivity index (χ1) is 13.5. The van der Waals surface area contributed by atoms with Gasteiger partial charge in [-0.25, -0.2) is 9.79 Å². The highest BCUT2D eigenvalue weighted by atomic mass is 127. The summed E-state index contributed by atoms with van der Waals surface area (Å²) in [5.41, 5.74) is 1.97. The Kier molecular flexibility index (Phi) is 11.0. The topological polar surface area (TPSA) is 72.0 Å². The first-order valence-corrected chi connectivity index (χ1v) is 8.75. The number of nitrogens with zero attached hydrogens (tertiary/aromatic N) is 1. The van der Waals surface area contributed by atoms with E-state index in [1.165, 1.54) is 13.2 Å². The third-order valence-electron chi connectivity index (χ3n) is 3.77. The van der Waals surface area contributed by atoms with Crippen molar-refractivity contribution in [3.8, 4) is 5.75 Å². The molecule has 0 amide bonds. The average molecular weight is 519 g/mol. The van der Waals surface area contributed by atoms with Gasteiger partial charge in [0.2, 0.25) is 0 Å². The van der Waals surface area contributed by atoms with Crippen LogP contribution in [0.1, 0.15) is 28.4 Å². The molecule has 0 radical (unpaired) electrons. The molecule has 29 heavy (non-hydrogen) atoms. The fraction of sp³-hybridized carbons (Fsp3) is 0.300. The summed E-state index contributed by atoms with van der Waals surface area (Å²) in [5.74, 6) is 0.264. The zero-order valence-electron chi connectivity index (χ0n) is 16.2. The van der Waals surface area contributed by atoms with Gasteiger partial charge in [-0.1, -0.05) is 30.3 Å². The van der Waals surface area contributed by atoms with E-state index in [4.69, 9.17) is 0 Å². The summed E-state index contributed by atoms with van der Waals surface area (Å²) in [5, 5.41) is 6.20. The molecule has 2 N–H and O–H groups in total. The number of hydrogen-bond donors (Lipinski definition) is 2. The predicted molar refractivity (Wildman–Crippen MR) is 118 cm³/mol. The molecule has 9 heteroatoms. The van der Waals surface area contributed by atoms with Crippen LogP contribution in [0, 0.1) is 0 Å². The van der Waals surface area contributed by atoms with E-state index < -0.39 is 12.6 Å². The lowest BCUT2D eigenvalue weighted by molar-refractivity contribution is -0.0504. The number of aliphatic imine (C=N–C) groups is 1. The van der Waals surface area contributed by atoms with Gasteiger partial charge in [-0.15, -0.1) is 24.0 Å². The molecule has 0 aliphatic rings. The first kappa shape index (κ1) is 24.6. The molecule has 0 atom stereocenters. The molecule has 0 aromatic heterocycles. The van der Waals surface area contributed by atoms with Gasteiger partial charge >= 0.3 is 12.6 Å². The van der Waals surface area contributed by atoms with E-state index in [0.29, 0.717) is 30.2 Å². The van der Waals surface area contributed by atoms with Crippen molar-refractivity contribution < 1.29 is 23.0 Å². The minimum Gasteiger partial charge on any atom is -0.465 e. The summed E-state index contributed by atoms with van der Waals surface area (Å²) >= 11 is 0. The van der Waals surface area contributed by atoms with E-state index in [1.54, 1.807) is 42.5 Å². The Hall–Kier alpha value is -2.43. The van der Waals surface area contributed by atoms with Crippen molar-refractivity contribution in [2.24, 2.45) is 4.99 Å². The Balaban J connectivity index is 0.00000420. The highest BCUT2D eigenvalue weighted by Gasteiger charge is 2.09. The van der Waals surface area contributed by atoms with Gasteiger partial charge in [0.15, 0.2) is 5.96 Å². The number of benzene rings is 2. The zero-order valence-corrected chi connectivity index (χ0v) is 18.5. The van der Waals surface area contributed by atoms with Crippen molar-refractivity contribution in [1.82, 2.24) is 10.6 Å². The smallest absolute Gasteiger partial charge is 0.387 e. The highest BCUT2D eigenvalue weighted by molar-refractivity contribution is 14.0. The van der Waals surface area contributed by atoms with Crippen LogP contribution in [0.25, 0.3) is 0 Å². The maximum atomic E-state index is 12.5. The number of ether oxygens (including phenoxy) is 2. The molecule has 158 valence electrons. The Morgan fingerprint density at radius 2 is 1.79 bits per heavy atom. The molecule has 0 aliphatic carbocycles. The van der Waals surface area contributed by atoms with E-state index in [-0.39, 0.29) is 36.3 Å². The highest BCUT2D eigenvalue weighted by Crippen LogP contribution is 2.19. The van der Waals surface area contributed by atoms with Crippen LogP contribution in [-0.4, -0.2) is 32.2 Å². The van der Waals surface area contributed by atoms with Crippen molar-refractivity contribution in [1.29, 1.82) is 0 Å². The lowest BCUT2D eigenvalue weighted by atomic mass is 10.1. The molecule has 0 spiro atoms. The fourth-order valence-electron chi connectivity index (χ4n) is 2.42. The summed E-state index contributed by atoms with van der Waals surface area (Å²) in [6, 6.07) is 13.5. The van der Waals surface area contributed by atoms with Crippen LogP contribution in [-0.2, 0) is 17.8 Å². The number of carbonyl (C=O) groups excluding carboxylic acids is 1. The molecule has 6 nitrogen and oxygen atoms in total. The summed E-state index contributed by atoms with van der Waals surface area (Å²) in [7, 11) is 1.33. The molecule has 0 heterocycles. The number of para-hydroxylation sites is 1. The van der Waals surface area contributed by atoms with Gasteiger partial charge in [0.05, 0.1) is 19.2 Å². The van der Waals surface area contributed by atoms with Gasteiger partial charge in [0.1, 0.15) is 5.75 Å². The molecule has 0 bridgehead atoms. The fourth-order valence-corrected chi connectivity index (χ4v) is 2.42. The SMILES string of the molecule is CCNC(=NCc1ccc(C(=O)OC)cc1)NCc1ccccc1OC(F)F.I. The van der Waals surface area contributed by atoms with Gasteiger partial charge in [-0.3, -0.25) is 0 Å². The minimum atomic E-state index is -2.88. The largest absolute Gasteiger partial charge is 0.465 e. The van der Waals surface area contributed by atoms with E-state index in [9.17, 15) is 13.6 Å². The molecule has 2 aromatic rings. The van der Waals surface area contributed by atoms with Crippen molar-refractivity contribution in [2.75, 3.05) is 13.7 Å². The van der Waals surface area contributed by atoms with Crippen molar-refractivity contribution in [3.63, 3.8) is 0 Å². The van der Waals surface area contributed by atoms with Crippen molar-refractivity contribution >= 4 is 35.9 Å². The van der Waals surface area contributed by atoms with Crippen LogP contribution in [0.5, 0.6) is 5.75 Å². The number of hydrogen-bond acceptors (Lipinski definition) is 4. The first-order valence-electron chi connectivity index (χ1n) is 8.75. The second-order valence-electron chi connectivity index (χ2n) is 5.72. The summed E-state index contributed by atoms with van der Waals surface area (Å²) < 4.78 is 34.2. The predicted octanol–water partition coefficient (Wildman–Crippen LogP) is 3.95. The van der Waals surface area contributed by atoms with Crippen LogP contribution in [0.3, 0.4) is 0 Å². The van der Waals surface area contributed by atoms with Crippen LogP contribution in [0.4, 0.5) is 8.78 Å². The molecule has 0 saturated heterocycles. The normalized spacial score (nSPS) is 10.9. The average Bonchev–Trinajstić information content (AvgIpc) is 2.70. The summed E-state index contributed by atoms with van der Waals surface area (Å²) in [6.45, 7) is 0.344. The lowest BCUT2D eigenvalue weighted by Crippen LogP contribution is -2.36. The van der Waals surface area contributed by atoms with Crippen molar-refractivity contribution in [3.05, 3.63) is 65.2 Å². The number of alkyl halides is 2. The Labute approximate surface area is 185 Å². The van der Waals surface area contributed by atoms with E-state index in [0.717, 1.165) is 5.56 Å². The molecule has 0 saturated carbocycles. The van der Waals surface area contributed by atoms with Gasteiger partial charge in [-0.2, -0.15) is 8.78 Å². The number of rotatable bonds is 8. The van der Waals surface area contributed by atoms with Gasteiger partial charge in [0.25, 0.3) is 0 Å². The number of methoxy groups -OCH3 is 1. The molecule has 0 aliphatic heterocycles. The maximum Gasteiger partial charge on any atom is 0.387 e. The van der Waals surface area contributed by atoms with Crippen molar-refractivity contribution in [2.45, 2.75) is 26.6 Å². The van der Waals surface area contributed by atoms with Gasteiger partial charge < -0.3 is 20.1 Å². The number of nitrogens with one attached hydrogen (secondary N) is 2. The molecule has 2 rings (SSSR count). The molecular weight excluding hydrogens is 495 g/mol. The van der Waals surface area contributed by atoms with E-state index >= 15 is 0 Å². The zero-order chi connectivity index (χ0) is 20.4. The lowest BCUT2D eigenvalue weighted by Gasteiger charge is -2.14. The van der Waals surface area contributed by atoms with E-state index in [1.807, 2.05) is 6.92 Å². The summed E-state index contributed by atoms with van der Waals surface area (Å²) in [6.07, 6.45) is 0. The third-order valence-corrected chi connectivity index (χ3v) is 3.77. The van der Waals surface area contributed by atoms with E-state index in [2.05, 4.69) is 25.1 Å². The molecular formula is C20H24F2IN3O3. The Bertz CT molecular complexity index is 802. The maximum absolute atomic E-state index is 12.5.